The Kier molecular flexibility index (Phi) is 3.84. The van der Waals surface area contributed by atoms with E-state index in [1.54, 1.807) is 5.20 Å². The Morgan fingerprint density at radius 1 is 1.24 bits per heavy atom. The molecule has 2 rings (SSSR count). The Morgan fingerprint density at radius 3 is 2.41 bits per heavy atom. The average Bonchev–Trinajstić information content (AvgIpc) is 2.58. The van der Waals surface area contributed by atoms with Crippen LogP contribution in [0.5, 0.6) is 0 Å². The summed E-state index contributed by atoms with van der Waals surface area (Å²) in [5.41, 5.74) is 0.169. The van der Waals surface area contributed by atoms with Gasteiger partial charge in [0.2, 0.25) is 0 Å². The second-order valence-electron chi connectivity index (χ2n) is 6.83. The molecule has 2 aliphatic rings. The van der Waals surface area contributed by atoms with Crippen LogP contribution >= 0.6 is 0 Å². The number of ether oxygens (including phenoxy) is 1. The van der Waals surface area contributed by atoms with Crippen molar-refractivity contribution in [3.63, 3.8) is 0 Å². The second-order valence-corrected chi connectivity index (χ2v) is 11.9. The van der Waals surface area contributed by atoms with Crippen LogP contribution in [0.15, 0.2) is 11.3 Å². The Morgan fingerprint density at radius 2 is 1.88 bits per heavy atom. The summed E-state index contributed by atoms with van der Waals surface area (Å²) in [5, 5.41) is 1.73. The lowest BCUT2D eigenvalue weighted by atomic mass is 9.85. The molecule has 0 bridgehead atoms. The van der Waals surface area contributed by atoms with Crippen molar-refractivity contribution in [2.75, 3.05) is 0 Å². The molecule has 1 heterocycles. The van der Waals surface area contributed by atoms with Crippen molar-refractivity contribution >= 4 is 8.07 Å². The van der Waals surface area contributed by atoms with Gasteiger partial charge in [-0.25, -0.2) is 0 Å². The third-order valence-electron chi connectivity index (χ3n) is 4.26. The van der Waals surface area contributed by atoms with Gasteiger partial charge < -0.3 is 4.74 Å². The minimum absolute atomic E-state index is 0.169. The van der Waals surface area contributed by atoms with Crippen LogP contribution in [0.2, 0.25) is 19.6 Å². The van der Waals surface area contributed by atoms with Crippen molar-refractivity contribution in [2.45, 2.75) is 83.2 Å². The van der Waals surface area contributed by atoms with Gasteiger partial charge in [0, 0.05) is 0 Å². The van der Waals surface area contributed by atoms with Gasteiger partial charge in [0.05, 0.1) is 19.8 Å². The maximum Gasteiger partial charge on any atom is 0.0866 e. The van der Waals surface area contributed by atoms with Crippen LogP contribution in [-0.2, 0) is 4.74 Å². The lowest BCUT2D eigenvalue weighted by Gasteiger charge is -2.40. The fourth-order valence-corrected chi connectivity index (χ4v) is 5.96. The van der Waals surface area contributed by atoms with Crippen LogP contribution in [0.3, 0.4) is 0 Å². The monoisotopic (exact) mass is 252 g/mol. The summed E-state index contributed by atoms with van der Waals surface area (Å²) in [4.78, 5) is 0. The molecule has 0 amide bonds. The molecule has 1 nitrogen and oxygen atoms in total. The van der Waals surface area contributed by atoms with Gasteiger partial charge in [-0.05, 0) is 19.3 Å². The third kappa shape index (κ3) is 2.68. The van der Waals surface area contributed by atoms with Crippen LogP contribution in [-0.4, -0.2) is 19.8 Å². The van der Waals surface area contributed by atoms with Crippen LogP contribution in [0, 0.1) is 0 Å². The molecule has 1 aliphatic carbocycles. The molecule has 0 aromatic heterocycles. The molecule has 0 N–H and O–H groups in total. The molecular weight excluding hydrogens is 224 g/mol. The minimum Gasteiger partial charge on any atom is -0.364 e. The predicted molar refractivity (Wildman–Crippen MR) is 77.0 cm³/mol. The molecule has 1 spiro atoms. The molecule has 1 aliphatic heterocycles. The SMILES string of the molecule is CCCC1C=C([Si](C)(C)C)C2(CCCCC2)O1. The number of hydrogen-bond donors (Lipinski definition) is 0. The molecule has 1 atom stereocenters. The van der Waals surface area contributed by atoms with E-state index in [0.29, 0.717) is 6.10 Å². The fourth-order valence-electron chi connectivity index (χ4n) is 3.60. The molecule has 0 radical (unpaired) electrons. The van der Waals surface area contributed by atoms with Gasteiger partial charge in [-0.3, -0.25) is 0 Å². The van der Waals surface area contributed by atoms with E-state index in [2.05, 4.69) is 32.6 Å². The summed E-state index contributed by atoms with van der Waals surface area (Å²) in [6.45, 7) is 9.70. The Bertz CT molecular complexity index is 295. The van der Waals surface area contributed by atoms with Crippen LogP contribution in [0.1, 0.15) is 51.9 Å². The van der Waals surface area contributed by atoms with Crippen molar-refractivity contribution in [1.82, 2.24) is 0 Å². The Balaban J connectivity index is 2.23. The summed E-state index contributed by atoms with van der Waals surface area (Å²) in [6.07, 6.45) is 12.1. The first-order valence-electron chi connectivity index (χ1n) is 7.38. The van der Waals surface area contributed by atoms with E-state index in [4.69, 9.17) is 4.74 Å². The summed E-state index contributed by atoms with van der Waals surface area (Å²) in [6, 6.07) is 0. The molecule has 1 saturated carbocycles. The lowest BCUT2D eigenvalue weighted by Crippen LogP contribution is -2.43. The minimum atomic E-state index is -1.22. The third-order valence-corrected chi connectivity index (χ3v) is 6.50. The first kappa shape index (κ1) is 13.4. The largest absolute Gasteiger partial charge is 0.364 e. The van der Waals surface area contributed by atoms with Gasteiger partial charge in [-0.1, -0.05) is 63.5 Å². The van der Waals surface area contributed by atoms with E-state index in [9.17, 15) is 0 Å². The normalized spacial score (nSPS) is 28.5. The van der Waals surface area contributed by atoms with Gasteiger partial charge in [0.15, 0.2) is 0 Å². The van der Waals surface area contributed by atoms with E-state index in [1.807, 2.05) is 0 Å². The van der Waals surface area contributed by atoms with E-state index in [0.717, 1.165) is 0 Å². The summed E-state index contributed by atoms with van der Waals surface area (Å²) < 4.78 is 6.51. The zero-order valence-electron chi connectivity index (χ0n) is 12.0. The van der Waals surface area contributed by atoms with Gasteiger partial charge >= 0.3 is 0 Å². The van der Waals surface area contributed by atoms with Gasteiger partial charge in [-0.2, -0.15) is 0 Å². The van der Waals surface area contributed by atoms with Gasteiger partial charge in [0.1, 0.15) is 0 Å². The maximum atomic E-state index is 6.51. The van der Waals surface area contributed by atoms with Crippen molar-refractivity contribution in [3.05, 3.63) is 11.3 Å². The van der Waals surface area contributed by atoms with Crippen LogP contribution in [0.4, 0.5) is 0 Å². The molecular formula is C15H28OSi. The van der Waals surface area contributed by atoms with E-state index in [-0.39, 0.29) is 5.60 Å². The van der Waals surface area contributed by atoms with Gasteiger partial charge in [0.25, 0.3) is 0 Å². The quantitative estimate of drug-likeness (QED) is 0.662. The molecule has 1 unspecified atom stereocenters. The first-order valence-corrected chi connectivity index (χ1v) is 10.9. The highest BCUT2D eigenvalue weighted by Crippen LogP contribution is 2.46. The van der Waals surface area contributed by atoms with Crippen molar-refractivity contribution in [2.24, 2.45) is 0 Å². The fraction of sp³-hybridized carbons (Fsp3) is 0.867. The lowest BCUT2D eigenvalue weighted by molar-refractivity contribution is -0.0513. The number of hydrogen-bond acceptors (Lipinski definition) is 1. The highest BCUT2D eigenvalue weighted by Gasteiger charge is 2.47. The van der Waals surface area contributed by atoms with E-state index in [1.165, 1.54) is 44.9 Å². The molecule has 0 aromatic carbocycles. The standard InChI is InChI=1S/C15H28OSi/c1-5-9-13-12-14(17(2,3)4)15(16-13)10-7-6-8-11-15/h12-13H,5-11H2,1-4H3. The number of rotatable bonds is 3. The smallest absolute Gasteiger partial charge is 0.0866 e. The summed E-state index contributed by atoms with van der Waals surface area (Å²) in [5.74, 6) is 0. The van der Waals surface area contributed by atoms with Crippen molar-refractivity contribution < 1.29 is 4.74 Å². The molecule has 1 fully saturated rings. The zero-order valence-corrected chi connectivity index (χ0v) is 13.0. The zero-order chi connectivity index (χ0) is 12.5. The van der Waals surface area contributed by atoms with E-state index >= 15 is 0 Å². The summed E-state index contributed by atoms with van der Waals surface area (Å²) >= 11 is 0. The maximum absolute atomic E-state index is 6.51. The van der Waals surface area contributed by atoms with Crippen LogP contribution in [0.25, 0.3) is 0 Å². The molecule has 0 saturated heterocycles. The molecule has 0 aromatic rings. The Hall–Kier alpha value is -0.0831. The van der Waals surface area contributed by atoms with E-state index < -0.39 is 8.07 Å². The first-order chi connectivity index (χ1) is 7.98. The van der Waals surface area contributed by atoms with Crippen molar-refractivity contribution in [1.29, 1.82) is 0 Å². The topological polar surface area (TPSA) is 9.23 Å². The molecule has 2 heteroatoms. The molecule has 17 heavy (non-hydrogen) atoms. The average molecular weight is 252 g/mol. The Labute approximate surface area is 108 Å². The summed E-state index contributed by atoms with van der Waals surface area (Å²) in [7, 11) is -1.22. The van der Waals surface area contributed by atoms with Crippen molar-refractivity contribution in [3.8, 4) is 0 Å². The highest BCUT2D eigenvalue weighted by molar-refractivity contribution is 6.83. The predicted octanol–water partition coefficient (Wildman–Crippen LogP) is 4.69. The van der Waals surface area contributed by atoms with Gasteiger partial charge in [-0.15, -0.1) is 0 Å². The second kappa shape index (κ2) is 4.89. The highest BCUT2D eigenvalue weighted by atomic mass is 28.3. The molecule has 98 valence electrons. The van der Waals surface area contributed by atoms with Crippen LogP contribution < -0.4 is 0 Å².